The zero-order valence-electron chi connectivity index (χ0n) is 7.89. The predicted molar refractivity (Wildman–Crippen MR) is 51.9 cm³/mol. The molecule has 0 heterocycles. The summed E-state index contributed by atoms with van der Waals surface area (Å²) in [6.45, 7) is 12.0. The van der Waals surface area contributed by atoms with E-state index in [0.29, 0.717) is 5.92 Å². The maximum absolute atomic E-state index is 4.20. The lowest BCUT2D eigenvalue weighted by molar-refractivity contribution is 0.778. The molecular weight excluding hydrogens is 134 g/mol. The summed E-state index contributed by atoms with van der Waals surface area (Å²) in [5.74, 6) is 0.510. The third-order valence-electron chi connectivity index (χ3n) is 1.58. The number of aliphatic imine (C=N–C) groups is 1. The van der Waals surface area contributed by atoms with Crippen LogP contribution in [0.15, 0.2) is 28.9 Å². The highest BCUT2D eigenvalue weighted by Gasteiger charge is 2.01. The van der Waals surface area contributed by atoms with Crippen molar-refractivity contribution in [1.29, 1.82) is 0 Å². The standard InChI is InChI=1S/C10H17N/c1-6-10(8(3)4)9(5)11-7-2/h6-8H,1H2,2-5H3/b10-9+,11-7-. The van der Waals surface area contributed by atoms with Crippen molar-refractivity contribution < 1.29 is 0 Å². The summed E-state index contributed by atoms with van der Waals surface area (Å²) in [5, 5.41) is 0. The highest BCUT2D eigenvalue weighted by molar-refractivity contribution is 5.55. The van der Waals surface area contributed by atoms with Crippen LogP contribution in [0.4, 0.5) is 0 Å². The average molecular weight is 151 g/mol. The first-order valence-electron chi connectivity index (χ1n) is 3.95. The van der Waals surface area contributed by atoms with Gasteiger partial charge < -0.3 is 0 Å². The van der Waals surface area contributed by atoms with Crippen molar-refractivity contribution in [2.75, 3.05) is 0 Å². The summed E-state index contributed by atoms with van der Waals surface area (Å²) in [5.41, 5.74) is 2.29. The van der Waals surface area contributed by atoms with E-state index in [4.69, 9.17) is 0 Å². The predicted octanol–water partition coefficient (Wildman–Crippen LogP) is 3.19. The Kier molecular flexibility index (Phi) is 4.51. The van der Waals surface area contributed by atoms with Crippen LogP contribution in [0, 0.1) is 5.92 Å². The summed E-state index contributed by atoms with van der Waals surface area (Å²) >= 11 is 0. The van der Waals surface area contributed by atoms with E-state index in [2.05, 4.69) is 25.4 Å². The Morgan fingerprint density at radius 1 is 1.45 bits per heavy atom. The van der Waals surface area contributed by atoms with Crippen molar-refractivity contribution in [3.05, 3.63) is 23.9 Å². The van der Waals surface area contributed by atoms with Crippen LogP contribution in [-0.4, -0.2) is 6.21 Å². The molecule has 11 heavy (non-hydrogen) atoms. The van der Waals surface area contributed by atoms with E-state index in [1.165, 1.54) is 5.57 Å². The zero-order chi connectivity index (χ0) is 8.85. The summed E-state index contributed by atoms with van der Waals surface area (Å²) in [6, 6.07) is 0. The quantitative estimate of drug-likeness (QED) is 0.434. The molecule has 0 amide bonds. The third kappa shape index (κ3) is 3.17. The topological polar surface area (TPSA) is 12.4 Å². The molecule has 0 saturated heterocycles. The Hall–Kier alpha value is -0.850. The Balaban J connectivity index is 4.67. The second-order valence-corrected chi connectivity index (χ2v) is 2.79. The largest absolute Gasteiger partial charge is 0.266 e. The first-order chi connectivity index (χ1) is 5.13. The van der Waals surface area contributed by atoms with Gasteiger partial charge in [-0.3, -0.25) is 4.99 Å². The van der Waals surface area contributed by atoms with Gasteiger partial charge in [-0.15, -0.1) is 0 Å². The molecule has 0 aromatic heterocycles. The van der Waals surface area contributed by atoms with Gasteiger partial charge in [-0.25, -0.2) is 0 Å². The van der Waals surface area contributed by atoms with Crippen LogP contribution in [0.1, 0.15) is 27.7 Å². The van der Waals surface area contributed by atoms with E-state index in [1.807, 2.05) is 19.9 Å². The Labute approximate surface area is 69.5 Å². The van der Waals surface area contributed by atoms with Crippen LogP contribution >= 0.6 is 0 Å². The maximum atomic E-state index is 4.20. The van der Waals surface area contributed by atoms with Crippen molar-refractivity contribution in [2.45, 2.75) is 27.7 Å². The van der Waals surface area contributed by atoms with E-state index in [1.54, 1.807) is 6.21 Å². The molecule has 0 radical (unpaired) electrons. The average Bonchev–Trinajstić information content (AvgIpc) is 1.88. The number of hydrogen-bond acceptors (Lipinski definition) is 1. The molecule has 0 atom stereocenters. The van der Waals surface area contributed by atoms with Crippen LogP contribution in [0.2, 0.25) is 0 Å². The molecule has 1 heteroatoms. The fraction of sp³-hybridized carbons (Fsp3) is 0.500. The molecule has 0 aromatic carbocycles. The monoisotopic (exact) mass is 151 g/mol. The summed E-state index contributed by atoms with van der Waals surface area (Å²) < 4.78 is 0. The van der Waals surface area contributed by atoms with Gasteiger partial charge in [0.1, 0.15) is 0 Å². The van der Waals surface area contributed by atoms with Gasteiger partial charge >= 0.3 is 0 Å². The molecule has 0 aliphatic carbocycles. The summed E-state index contributed by atoms with van der Waals surface area (Å²) in [7, 11) is 0. The molecular formula is C10H17N. The molecule has 0 spiro atoms. The van der Waals surface area contributed by atoms with Gasteiger partial charge in [0, 0.05) is 11.9 Å². The molecule has 0 saturated carbocycles. The second-order valence-electron chi connectivity index (χ2n) is 2.79. The van der Waals surface area contributed by atoms with Gasteiger partial charge in [0.05, 0.1) is 0 Å². The van der Waals surface area contributed by atoms with E-state index < -0.39 is 0 Å². The number of nitrogens with zero attached hydrogens (tertiary/aromatic N) is 1. The molecule has 1 nitrogen and oxygen atoms in total. The SMILES string of the molecule is C=C/C(=C(C)\N=C/C)C(C)C. The minimum absolute atomic E-state index is 0.510. The molecule has 0 aromatic rings. The zero-order valence-corrected chi connectivity index (χ0v) is 7.89. The Morgan fingerprint density at radius 3 is 2.27 bits per heavy atom. The molecule has 62 valence electrons. The Bertz CT molecular complexity index is 185. The molecule has 0 fully saturated rings. The Morgan fingerprint density at radius 2 is 2.00 bits per heavy atom. The first-order valence-corrected chi connectivity index (χ1v) is 3.95. The van der Waals surface area contributed by atoms with E-state index >= 15 is 0 Å². The van der Waals surface area contributed by atoms with E-state index in [9.17, 15) is 0 Å². The minimum Gasteiger partial charge on any atom is -0.266 e. The van der Waals surface area contributed by atoms with Gasteiger partial charge in [0.15, 0.2) is 0 Å². The highest BCUT2D eigenvalue weighted by Crippen LogP contribution is 2.15. The van der Waals surface area contributed by atoms with Gasteiger partial charge in [0.2, 0.25) is 0 Å². The molecule has 0 N–H and O–H groups in total. The van der Waals surface area contributed by atoms with Gasteiger partial charge in [-0.1, -0.05) is 26.5 Å². The van der Waals surface area contributed by atoms with Crippen LogP contribution in [0.5, 0.6) is 0 Å². The summed E-state index contributed by atoms with van der Waals surface area (Å²) in [6.07, 6.45) is 3.69. The minimum atomic E-state index is 0.510. The number of allylic oxidation sites excluding steroid dienone is 3. The lowest BCUT2D eigenvalue weighted by atomic mass is 10.0. The van der Waals surface area contributed by atoms with Crippen molar-refractivity contribution >= 4 is 6.21 Å². The van der Waals surface area contributed by atoms with Gasteiger partial charge in [-0.05, 0) is 25.3 Å². The highest BCUT2D eigenvalue weighted by atomic mass is 14.7. The fourth-order valence-corrected chi connectivity index (χ4v) is 1.07. The molecule has 0 aliphatic rings. The number of hydrogen-bond donors (Lipinski definition) is 0. The van der Waals surface area contributed by atoms with Gasteiger partial charge in [0.25, 0.3) is 0 Å². The molecule has 0 bridgehead atoms. The van der Waals surface area contributed by atoms with Crippen LogP contribution < -0.4 is 0 Å². The van der Waals surface area contributed by atoms with Crippen molar-refractivity contribution in [3.8, 4) is 0 Å². The summed E-state index contributed by atoms with van der Waals surface area (Å²) in [4.78, 5) is 4.20. The molecule has 0 unspecified atom stereocenters. The smallest absolute Gasteiger partial charge is 0.0402 e. The lowest BCUT2D eigenvalue weighted by Gasteiger charge is -2.07. The van der Waals surface area contributed by atoms with E-state index in [0.717, 1.165) is 5.70 Å². The first kappa shape index (κ1) is 10.2. The maximum Gasteiger partial charge on any atom is 0.0402 e. The van der Waals surface area contributed by atoms with E-state index in [-0.39, 0.29) is 0 Å². The van der Waals surface area contributed by atoms with Crippen molar-refractivity contribution in [2.24, 2.45) is 10.9 Å². The van der Waals surface area contributed by atoms with Crippen LogP contribution in [0.3, 0.4) is 0 Å². The third-order valence-corrected chi connectivity index (χ3v) is 1.58. The normalized spacial score (nSPS) is 13.9. The van der Waals surface area contributed by atoms with Crippen LogP contribution in [-0.2, 0) is 0 Å². The van der Waals surface area contributed by atoms with Crippen molar-refractivity contribution in [3.63, 3.8) is 0 Å². The number of rotatable bonds is 3. The lowest BCUT2D eigenvalue weighted by Crippen LogP contribution is -1.93. The second kappa shape index (κ2) is 4.89. The fourth-order valence-electron chi connectivity index (χ4n) is 1.07. The molecule has 0 aliphatic heterocycles. The van der Waals surface area contributed by atoms with Crippen molar-refractivity contribution in [1.82, 2.24) is 0 Å². The van der Waals surface area contributed by atoms with Gasteiger partial charge in [-0.2, -0.15) is 0 Å². The van der Waals surface area contributed by atoms with Crippen LogP contribution in [0.25, 0.3) is 0 Å². The molecule has 0 rings (SSSR count).